The Bertz CT molecular complexity index is 1160. The van der Waals surface area contributed by atoms with Crippen LogP contribution in [0.5, 0.6) is 0 Å². The number of carbonyl (C=O) groups is 1. The highest BCUT2D eigenvalue weighted by Gasteiger charge is 2.23. The van der Waals surface area contributed by atoms with E-state index in [2.05, 4.69) is 20.9 Å². The SMILES string of the molecule is O=C(CSCc1nc2sc3c(c2c(=O)[nH]1)CCC3)N1CCN(Cc2ccc(Cl)s2)CC1. The van der Waals surface area contributed by atoms with Crippen LogP contribution in [-0.2, 0) is 29.9 Å². The summed E-state index contributed by atoms with van der Waals surface area (Å²) in [5, 5.41) is 0.782. The van der Waals surface area contributed by atoms with Gasteiger partial charge in [-0.15, -0.1) is 34.4 Å². The van der Waals surface area contributed by atoms with Gasteiger partial charge in [0.1, 0.15) is 10.7 Å². The van der Waals surface area contributed by atoms with Crippen molar-refractivity contribution in [3.05, 3.63) is 48.0 Å². The largest absolute Gasteiger partial charge is 0.339 e. The third kappa shape index (κ3) is 4.71. The molecule has 2 aliphatic rings. The van der Waals surface area contributed by atoms with E-state index in [-0.39, 0.29) is 11.5 Å². The number of aryl methyl sites for hydroxylation is 2. The molecule has 3 aromatic rings. The van der Waals surface area contributed by atoms with Crippen molar-refractivity contribution in [1.82, 2.24) is 19.8 Å². The van der Waals surface area contributed by atoms with Crippen LogP contribution in [0.1, 0.15) is 27.6 Å². The highest BCUT2D eigenvalue weighted by atomic mass is 35.5. The molecule has 0 radical (unpaired) electrons. The predicted molar refractivity (Wildman–Crippen MR) is 130 cm³/mol. The molecule has 0 unspecified atom stereocenters. The first-order chi connectivity index (χ1) is 15.1. The van der Waals surface area contributed by atoms with Crippen LogP contribution in [0.4, 0.5) is 0 Å². The van der Waals surface area contributed by atoms with E-state index in [1.807, 2.05) is 11.0 Å². The summed E-state index contributed by atoms with van der Waals surface area (Å²) < 4.78 is 0.819. The van der Waals surface area contributed by atoms with Gasteiger partial charge < -0.3 is 9.88 Å². The molecule has 31 heavy (non-hydrogen) atoms. The van der Waals surface area contributed by atoms with E-state index in [9.17, 15) is 9.59 Å². The fraction of sp³-hybridized carbons (Fsp3) is 0.476. The fourth-order valence-corrected chi connectivity index (χ4v) is 7.45. The minimum Gasteiger partial charge on any atom is -0.339 e. The smallest absolute Gasteiger partial charge is 0.259 e. The molecule has 4 heterocycles. The number of halogens is 1. The Morgan fingerprint density at radius 1 is 1.19 bits per heavy atom. The zero-order valence-corrected chi connectivity index (χ0v) is 20.2. The minimum atomic E-state index is -0.0329. The lowest BCUT2D eigenvalue weighted by atomic mass is 10.2. The molecule has 0 bridgehead atoms. The number of hydrogen-bond donors (Lipinski definition) is 1. The number of piperazine rings is 1. The summed E-state index contributed by atoms with van der Waals surface area (Å²) in [6.45, 7) is 4.14. The van der Waals surface area contributed by atoms with Gasteiger partial charge in [0, 0.05) is 42.5 Å². The lowest BCUT2D eigenvalue weighted by molar-refractivity contribution is -0.130. The van der Waals surface area contributed by atoms with E-state index in [1.54, 1.807) is 22.7 Å². The van der Waals surface area contributed by atoms with E-state index >= 15 is 0 Å². The molecule has 1 saturated heterocycles. The lowest BCUT2D eigenvalue weighted by Crippen LogP contribution is -2.48. The topological polar surface area (TPSA) is 69.3 Å². The van der Waals surface area contributed by atoms with E-state index in [0.717, 1.165) is 66.5 Å². The highest BCUT2D eigenvalue weighted by Crippen LogP contribution is 2.34. The van der Waals surface area contributed by atoms with Crippen LogP contribution in [0.25, 0.3) is 10.2 Å². The zero-order valence-electron chi connectivity index (χ0n) is 17.0. The molecular formula is C21H23ClN4O2S3. The standard InChI is InChI=1S/C21H23ClN4O2S3/c22-16-5-4-13(30-16)10-25-6-8-26(9-7-25)18(27)12-29-11-17-23-20(28)19-14-2-1-3-15(14)31-21(19)24-17/h4-5H,1-3,6-12H2,(H,23,24,28). The van der Waals surface area contributed by atoms with Crippen LogP contribution in [-0.4, -0.2) is 57.6 Å². The first-order valence-corrected chi connectivity index (χ1v) is 13.6. The highest BCUT2D eigenvalue weighted by molar-refractivity contribution is 7.99. The molecule has 3 aromatic heterocycles. The van der Waals surface area contributed by atoms with Crippen LogP contribution in [0, 0.1) is 0 Å². The van der Waals surface area contributed by atoms with Gasteiger partial charge in [-0.2, -0.15) is 0 Å². The molecule has 5 rings (SSSR count). The van der Waals surface area contributed by atoms with Gasteiger partial charge in [0.05, 0.1) is 21.2 Å². The van der Waals surface area contributed by atoms with Gasteiger partial charge >= 0.3 is 0 Å². The van der Waals surface area contributed by atoms with Crippen molar-refractivity contribution in [2.24, 2.45) is 0 Å². The number of aromatic amines is 1. The number of hydrogen-bond acceptors (Lipinski definition) is 7. The van der Waals surface area contributed by atoms with Crippen molar-refractivity contribution in [2.45, 2.75) is 31.6 Å². The molecule has 1 N–H and O–H groups in total. The van der Waals surface area contributed by atoms with Crippen molar-refractivity contribution in [3.63, 3.8) is 0 Å². The third-order valence-corrected chi connectivity index (χ3v) is 9.15. The predicted octanol–water partition coefficient (Wildman–Crippen LogP) is 3.77. The number of aromatic nitrogens is 2. The Kier molecular flexibility index (Phi) is 6.39. The van der Waals surface area contributed by atoms with Crippen LogP contribution in [0.3, 0.4) is 0 Å². The minimum absolute atomic E-state index is 0.0329. The molecule has 0 atom stereocenters. The first kappa shape index (κ1) is 21.5. The van der Waals surface area contributed by atoms with E-state index < -0.39 is 0 Å². The molecule has 10 heteroatoms. The lowest BCUT2D eigenvalue weighted by Gasteiger charge is -2.34. The maximum atomic E-state index is 12.6. The van der Waals surface area contributed by atoms with E-state index in [4.69, 9.17) is 11.6 Å². The van der Waals surface area contributed by atoms with Crippen molar-refractivity contribution in [2.75, 3.05) is 31.9 Å². The number of rotatable bonds is 6. The van der Waals surface area contributed by atoms with E-state index in [1.165, 1.54) is 27.1 Å². The zero-order chi connectivity index (χ0) is 21.4. The number of nitrogens with zero attached hydrogens (tertiary/aromatic N) is 3. The number of amides is 1. The summed E-state index contributed by atoms with van der Waals surface area (Å²) in [4.78, 5) is 40.5. The average molecular weight is 495 g/mol. The third-order valence-electron chi connectivity index (χ3n) is 5.82. The van der Waals surface area contributed by atoms with Crippen LogP contribution >= 0.6 is 46.0 Å². The van der Waals surface area contributed by atoms with Gasteiger partial charge in [0.2, 0.25) is 5.91 Å². The molecule has 164 valence electrons. The van der Waals surface area contributed by atoms with Crippen molar-refractivity contribution < 1.29 is 4.79 Å². The van der Waals surface area contributed by atoms with Crippen molar-refractivity contribution in [3.8, 4) is 0 Å². The summed E-state index contributed by atoms with van der Waals surface area (Å²) in [5.41, 5.74) is 1.17. The second-order valence-corrected chi connectivity index (χ2v) is 11.8. The number of thioether (sulfide) groups is 1. The second-order valence-electron chi connectivity index (χ2n) is 7.91. The number of carbonyl (C=O) groups excluding carboxylic acids is 1. The summed E-state index contributed by atoms with van der Waals surface area (Å²) in [5.74, 6) is 1.76. The average Bonchev–Trinajstić information content (AvgIpc) is 3.44. The molecular weight excluding hydrogens is 472 g/mol. The van der Waals surface area contributed by atoms with Crippen molar-refractivity contribution in [1.29, 1.82) is 0 Å². The quantitative estimate of drug-likeness (QED) is 0.565. The van der Waals surface area contributed by atoms with Crippen LogP contribution < -0.4 is 5.56 Å². The summed E-state index contributed by atoms with van der Waals surface area (Å²) in [6.07, 6.45) is 3.17. The second kappa shape index (κ2) is 9.23. The maximum absolute atomic E-state index is 12.6. The Hall–Kier alpha value is -1.39. The Balaban J connectivity index is 1.11. The van der Waals surface area contributed by atoms with Crippen molar-refractivity contribution >= 4 is 62.2 Å². The fourth-order valence-electron chi connectivity index (χ4n) is 4.25. The Morgan fingerprint density at radius 2 is 2.03 bits per heavy atom. The summed E-state index contributed by atoms with van der Waals surface area (Å²) >= 11 is 10.8. The van der Waals surface area contributed by atoms with Gasteiger partial charge in [0.15, 0.2) is 0 Å². The maximum Gasteiger partial charge on any atom is 0.259 e. The molecule has 0 aromatic carbocycles. The van der Waals surface area contributed by atoms with Gasteiger partial charge in [-0.05, 0) is 37.0 Å². The Labute approximate surface area is 197 Å². The number of fused-ring (bicyclic) bond motifs is 3. The number of H-pyrrole nitrogens is 1. The van der Waals surface area contributed by atoms with Gasteiger partial charge in [-0.25, -0.2) is 4.98 Å². The molecule has 6 nitrogen and oxygen atoms in total. The van der Waals surface area contributed by atoms with Gasteiger partial charge in [0.25, 0.3) is 5.56 Å². The van der Waals surface area contributed by atoms with Gasteiger partial charge in [-0.1, -0.05) is 11.6 Å². The molecule has 0 saturated carbocycles. The van der Waals surface area contributed by atoms with Gasteiger partial charge in [-0.3, -0.25) is 14.5 Å². The summed E-state index contributed by atoms with van der Waals surface area (Å²) in [6, 6.07) is 4.00. The molecule has 1 amide bonds. The molecule has 1 aliphatic heterocycles. The number of thiophene rings is 2. The van der Waals surface area contributed by atoms with E-state index in [0.29, 0.717) is 17.3 Å². The summed E-state index contributed by atoms with van der Waals surface area (Å²) in [7, 11) is 0. The number of nitrogens with one attached hydrogen (secondary N) is 1. The first-order valence-electron chi connectivity index (χ1n) is 10.4. The van der Waals surface area contributed by atoms with Crippen LogP contribution in [0.15, 0.2) is 16.9 Å². The van der Waals surface area contributed by atoms with Crippen LogP contribution in [0.2, 0.25) is 4.34 Å². The molecule has 1 aliphatic carbocycles. The molecule has 1 fully saturated rings. The normalized spacial score (nSPS) is 16.9. The Morgan fingerprint density at radius 3 is 2.81 bits per heavy atom. The monoisotopic (exact) mass is 494 g/mol. The molecule has 0 spiro atoms.